The Labute approximate surface area is 429 Å². The molecular formula is C54H55FN8O12. The van der Waals surface area contributed by atoms with Crippen LogP contribution >= 0.6 is 0 Å². The van der Waals surface area contributed by atoms with Crippen molar-refractivity contribution in [2.75, 3.05) is 37.9 Å². The molecule has 0 spiro atoms. The molecule has 20 nitrogen and oxygen atoms in total. The first kappa shape index (κ1) is 52.9. The fourth-order valence-electron chi connectivity index (χ4n) is 9.59. The number of aromatic nitrogens is 2. The number of nitrogens with zero attached hydrogens (tertiary/aromatic N) is 3. The lowest BCUT2D eigenvalue weighted by atomic mass is 9.78. The van der Waals surface area contributed by atoms with Gasteiger partial charge in [-0.25, -0.2) is 19.1 Å². The summed E-state index contributed by atoms with van der Waals surface area (Å²) in [5.41, 5.74) is 5.81. The molecule has 6 N–H and O–H groups in total. The molecule has 3 unspecified atom stereocenters. The van der Waals surface area contributed by atoms with Gasteiger partial charge in [-0.15, -0.1) is 0 Å². The number of aliphatic hydroxyl groups is 1. The molecule has 3 atom stereocenters. The van der Waals surface area contributed by atoms with Crippen LogP contribution in [0.2, 0.25) is 0 Å². The van der Waals surface area contributed by atoms with E-state index in [2.05, 4.69) is 26.6 Å². The average molecular weight is 1030 g/mol. The highest BCUT2D eigenvalue weighted by Crippen LogP contribution is 2.46. The Morgan fingerprint density at radius 3 is 2.24 bits per heavy atom. The van der Waals surface area contributed by atoms with Crippen molar-refractivity contribution in [1.82, 2.24) is 36.1 Å². The monoisotopic (exact) mass is 1030 g/mol. The van der Waals surface area contributed by atoms with Crippen molar-refractivity contribution in [3.05, 3.63) is 140 Å². The predicted molar refractivity (Wildman–Crippen MR) is 269 cm³/mol. The number of imide groups is 1. The molecule has 1 aliphatic carbocycles. The Balaban J connectivity index is 0.00000369. The van der Waals surface area contributed by atoms with E-state index in [4.69, 9.17) is 14.5 Å². The molecule has 7 amide bonds. The smallest absolute Gasteiger partial charge is 0.340 e. The van der Waals surface area contributed by atoms with Crippen molar-refractivity contribution in [3.8, 4) is 11.4 Å². The summed E-state index contributed by atoms with van der Waals surface area (Å²) in [5, 5.41) is 24.1. The van der Waals surface area contributed by atoms with Gasteiger partial charge in [-0.05, 0) is 72.2 Å². The summed E-state index contributed by atoms with van der Waals surface area (Å²) >= 11 is 0. The van der Waals surface area contributed by atoms with E-state index in [1.54, 1.807) is 67.6 Å². The number of aliphatic hydroxyl groups excluding tert-OH is 1. The third kappa shape index (κ3) is 11.5. The van der Waals surface area contributed by atoms with Crippen LogP contribution in [-0.2, 0) is 80.2 Å². The van der Waals surface area contributed by atoms with E-state index in [0.717, 1.165) is 32.5 Å². The zero-order valence-electron chi connectivity index (χ0n) is 41.4. The molecule has 0 radical (unpaired) electrons. The van der Waals surface area contributed by atoms with Crippen molar-refractivity contribution in [1.29, 1.82) is 0 Å². The first-order valence-electron chi connectivity index (χ1n) is 24.5. The Bertz CT molecular complexity index is 3200. The molecule has 4 aliphatic rings. The van der Waals surface area contributed by atoms with E-state index in [9.17, 15) is 48.3 Å². The molecule has 0 bridgehead atoms. The number of pyridine rings is 2. The number of amides is 7. The van der Waals surface area contributed by atoms with Gasteiger partial charge < -0.3 is 45.7 Å². The maximum absolute atomic E-state index is 15.3. The standard InChI is InChI=1S/C52H49FN8O12.C2H6/c1-27-32-13-10-30(46-34-23-60-39(48(34)59-37(47(32)46)19-36(27)53)18-33-35(51(60)70)25-73-52(71)49(33)68)24-72-26-57-42(64)21-56-50(69)38(17-29-5-3-2-4-6-29)58-43(65)22-55-41(63)20-54-40(62)14-9-28-7-11-31(12-8-28)61-44(66)15-16-45(61)67;1-2/h2-8,11-12,15-16,18-19,30,38,49,68H,9-10,13-14,17,20-26H2,1H3,(H,54,62)(H,55,63)(H,56,69)(H,57,64)(H,58,65);1-2H3. The lowest BCUT2D eigenvalue weighted by molar-refractivity contribution is -0.157. The molecule has 5 heterocycles. The summed E-state index contributed by atoms with van der Waals surface area (Å²) in [5.74, 6) is -5.48. The molecule has 75 heavy (non-hydrogen) atoms. The fourth-order valence-corrected chi connectivity index (χ4v) is 9.59. The number of carbonyl (C=O) groups is 8. The molecule has 390 valence electrons. The Kier molecular flexibility index (Phi) is 16.4. The van der Waals surface area contributed by atoms with Crippen LogP contribution in [-0.4, -0.2) is 101 Å². The van der Waals surface area contributed by atoms with Crippen LogP contribution in [0, 0.1) is 12.7 Å². The van der Waals surface area contributed by atoms with E-state index in [-0.39, 0.29) is 56.4 Å². The summed E-state index contributed by atoms with van der Waals surface area (Å²) < 4.78 is 27.8. The van der Waals surface area contributed by atoms with Crippen molar-refractivity contribution < 1.29 is 57.3 Å². The number of hydrogen-bond donors (Lipinski definition) is 6. The van der Waals surface area contributed by atoms with Crippen molar-refractivity contribution >= 4 is 63.9 Å². The van der Waals surface area contributed by atoms with Crippen LogP contribution in [0.1, 0.15) is 83.2 Å². The molecule has 21 heteroatoms. The SMILES string of the molecule is CC.Cc1c(F)cc2nc3c(c4c2c1CCC4COCNC(=O)CNC(=O)C(Cc1ccccc1)NC(=O)CNC(=O)CNC(=O)CCc1ccc(N2C(=O)C=CC2=O)cc1)Cn1c-3cc2c(c1=O)COC(=O)C2O. The van der Waals surface area contributed by atoms with Gasteiger partial charge in [0.1, 0.15) is 25.2 Å². The minimum absolute atomic E-state index is 0.0359. The first-order valence-corrected chi connectivity index (χ1v) is 24.5. The third-order valence-corrected chi connectivity index (χ3v) is 13.4. The number of fused-ring (bicyclic) bond motifs is 5. The maximum Gasteiger partial charge on any atom is 0.340 e. The number of rotatable bonds is 18. The highest BCUT2D eigenvalue weighted by molar-refractivity contribution is 6.28. The Hall–Kier alpha value is -8.43. The van der Waals surface area contributed by atoms with Gasteiger partial charge in [-0.1, -0.05) is 56.3 Å². The van der Waals surface area contributed by atoms with Gasteiger partial charge in [-0.3, -0.25) is 38.4 Å². The Morgan fingerprint density at radius 2 is 1.51 bits per heavy atom. The van der Waals surface area contributed by atoms with Crippen LogP contribution < -0.4 is 37.0 Å². The Morgan fingerprint density at radius 1 is 0.827 bits per heavy atom. The normalized spacial score (nSPS) is 16.2. The second kappa shape index (κ2) is 23.2. The molecular weight excluding hydrogens is 972 g/mol. The fraction of sp³-hybridized carbons (Fsp3) is 0.333. The van der Waals surface area contributed by atoms with Gasteiger partial charge in [-0.2, -0.15) is 0 Å². The summed E-state index contributed by atoms with van der Waals surface area (Å²) in [6, 6.07) is 17.2. The van der Waals surface area contributed by atoms with Crippen molar-refractivity contribution in [3.63, 3.8) is 0 Å². The van der Waals surface area contributed by atoms with E-state index >= 15 is 4.39 Å². The van der Waals surface area contributed by atoms with Gasteiger partial charge in [0.2, 0.25) is 29.5 Å². The number of ether oxygens (including phenoxy) is 2. The van der Waals surface area contributed by atoms with Crippen LogP contribution in [0.25, 0.3) is 22.3 Å². The van der Waals surface area contributed by atoms with Gasteiger partial charge in [0.05, 0.1) is 60.9 Å². The van der Waals surface area contributed by atoms with Gasteiger partial charge in [0, 0.05) is 53.5 Å². The van der Waals surface area contributed by atoms with Crippen LogP contribution in [0.4, 0.5) is 10.1 Å². The summed E-state index contributed by atoms with van der Waals surface area (Å²) in [7, 11) is 0. The number of esters is 1. The summed E-state index contributed by atoms with van der Waals surface area (Å²) in [6.45, 7) is 4.05. The van der Waals surface area contributed by atoms with E-state index < -0.39 is 90.5 Å². The molecule has 3 aliphatic heterocycles. The van der Waals surface area contributed by atoms with Crippen LogP contribution in [0.3, 0.4) is 0 Å². The second-order valence-corrected chi connectivity index (χ2v) is 18.0. The van der Waals surface area contributed by atoms with E-state index in [1.807, 2.05) is 13.8 Å². The molecule has 9 rings (SSSR count). The molecule has 2 aromatic heterocycles. The summed E-state index contributed by atoms with van der Waals surface area (Å²) in [6.07, 6.45) is 2.21. The second-order valence-electron chi connectivity index (χ2n) is 18.0. The van der Waals surface area contributed by atoms with E-state index in [1.165, 1.54) is 22.8 Å². The predicted octanol–water partition coefficient (Wildman–Crippen LogP) is 2.25. The van der Waals surface area contributed by atoms with Gasteiger partial charge in [0.25, 0.3) is 17.4 Å². The summed E-state index contributed by atoms with van der Waals surface area (Å²) in [4.78, 5) is 120. The highest BCUT2D eigenvalue weighted by Gasteiger charge is 2.37. The minimum Gasteiger partial charge on any atom is -0.458 e. The number of benzene rings is 3. The van der Waals surface area contributed by atoms with Crippen LogP contribution in [0.5, 0.6) is 0 Å². The van der Waals surface area contributed by atoms with Crippen LogP contribution in [0.15, 0.2) is 83.7 Å². The van der Waals surface area contributed by atoms with Crippen molar-refractivity contribution in [2.45, 2.75) is 84.1 Å². The minimum atomic E-state index is -1.64. The number of halogens is 1. The third-order valence-electron chi connectivity index (χ3n) is 13.4. The largest absolute Gasteiger partial charge is 0.458 e. The van der Waals surface area contributed by atoms with Gasteiger partial charge in [0.15, 0.2) is 6.10 Å². The number of anilines is 1. The maximum atomic E-state index is 15.3. The number of aryl methyl sites for hydroxylation is 2. The first-order chi connectivity index (χ1) is 36.1. The van der Waals surface area contributed by atoms with E-state index in [0.29, 0.717) is 53.0 Å². The number of carbonyl (C=O) groups excluding carboxylic acids is 8. The quantitative estimate of drug-likeness (QED) is 0.0313. The number of cyclic esters (lactones) is 1. The van der Waals surface area contributed by atoms with Crippen molar-refractivity contribution in [2.24, 2.45) is 0 Å². The molecule has 0 saturated heterocycles. The molecule has 0 fully saturated rings. The topological polar surface area (TPSA) is 274 Å². The molecule has 0 saturated carbocycles. The lowest BCUT2D eigenvalue weighted by Gasteiger charge is -2.29. The average Bonchev–Trinajstić information content (AvgIpc) is 3.97. The molecule has 3 aromatic carbocycles. The van der Waals surface area contributed by atoms with Gasteiger partial charge >= 0.3 is 5.97 Å². The molecule has 5 aromatic rings. The number of nitrogens with one attached hydrogen (secondary N) is 5. The number of hydrogen-bond acceptors (Lipinski definition) is 13. The zero-order chi connectivity index (χ0) is 53.5. The highest BCUT2D eigenvalue weighted by atomic mass is 19.1. The zero-order valence-corrected chi connectivity index (χ0v) is 41.4. The lowest BCUT2D eigenvalue weighted by Crippen LogP contribution is -2.52.